The molecule has 1 unspecified atom stereocenters. The van der Waals surface area contributed by atoms with E-state index in [4.69, 9.17) is 0 Å². The van der Waals surface area contributed by atoms with E-state index in [1.807, 2.05) is 0 Å². The van der Waals surface area contributed by atoms with Crippen molar-refractivity contribution >= 4 is 11.4 Å². The third-order valence-electron chi connectivity index (χ3n) is 0.576. The summed E-state index contributed by atoms with van der Waals surface area (Å²) in [6, 6.07) is 0. The van der Waals surface area contributed by atoms with Gasteiger partial charge in [0.1, 0.15) is 6.67 Å². The van der Waals surface area contributed by atoms with Crippen molar-refractivity contribution in [2.24, 2.45) is 0 Å². The summed E-state index contributed by atoms with van der Waals surface area (Å²) in [5.74, 6) is 0. The summed E-state index contributed by atoms with van der Waals surface area (Å²) in [5.41, 5.74) is 0. The topological polar surface area (TPSA) is 35.5 Å². The van der Waals surface area contributed by atoms with E-state index in [1.165, 1.54) is 0 Å². The Labute approximate surface area is 68.5 Å². The molecule has 0 aliphatic heterocycles. The third kappa shape index (κ3) is 7.89. The van der Waals surface area contributed by atoms with Crippen LogP contribution in [-0.4, -0.2) is 30.3 Å². The highest BCUT2D eigenvalue weighted by molar-refractivity contribution is 7.75. The van der Waals surface area contributed by atoms with Crippen LogP contribution in [0.5, 0.6) is 0 Å². The van der Waals surface area contributed by atoms with Gasteiger partial charge in [-0.3, -0.25) is 8.37 Å². The first-order valence-corrected chi connectivity index (χ1v) is 3.77. The van der Waals surface area contributed by atoms with Gasteiger partial charge in [-0.2, -0.15) is 17.4 Å². The van der Waals surface area contributed by atoms with Crippen LogP contribution in [0.4, 0.5) is 17.6 Å². The van der Waals surface area contributed by atoms with Crippen LogP contribution in [0, 0.1) is 0 Å². The van der Waals surface area contributed by atoms with Crippen molar-refractivity contribution in [1.82, 2.24) is 0 Å². The molecule has 0 aliphatic rings. The Morgan fingerprint density at radius 2 is 1.83 bits per heavy atom. The second-order valence-corrected chi connectivity index (χ2v) is 2.47. The zero-order chi connectivity index (χ0) is 9.61. The standard InChI is InChI=1S/C4H6F4O3S/c5-1-2-10-12(9)11-3-4(6,7)8/h1-3H2. The predicted octanol–water partition coefficient (Wildman–Crippen LogP) is 1.13. The number of alkyl halides is 4. The highest BCUT2D eigenvalue weighted by atomic mass is 32.2. The van der Waals surface area contributed by atoms with Crippen molar-refractivity contribution in [1.29, 1.82) is 0 Å². The minimum absolute atomic E-state index is 0.551. The monoisotopic (exact) mass is 210 g/mol. The Balaban J connectivity index is 3.44. The van der Waals surface area contributed by atoms with Gasteiger partial charge in [-0.1, -0.05) is 0 Å². The second kappa shape index (κ2) is 5.44. The van der Waals surface area contributed by atoms with Crippen molar-refractivity contribution in [2.75, 3.05) is 19.9 Å². The Hall–Kier alpha value is -0.210. The fourth-order valence-electron chi connectivity index (χ4n) is 0.248. The van der Waals surface area contributed by atoms with Crippen LogP contribution in [0.2, 0.25) is 0 Å². The van der Waals surface area contributed by atoms with Gasteiger partial charge in [-0.15, -0.1) is 0 Å². The zero-order valence-corrected chi connectivity index (χ0v) is 6.58. The van der Waals surface area contributed by atoms with Crippen LogP contribution in [0.15, 0.2) is 0 Å². The van der Waals surface area contributed by atoms with Crippen LogP contribution in [0.3, 0.4) is 0 Å². The maximum atomic E-state index is 11.3. The smallest absolute Gasteiger partial charge is 0.266 e. The van der Waals surface area contributed by atoms with Crippen molar-refractivity contribution in [3.05, 3.63) is 0 Å². The Bertz CT molecular complexity index is 148. The van der Waals surface area contributed by atoms with E-state index >= 15 is 0 Å². The van der Waals surface area contributed by atoms with Gasteiger partial charge in [0, 0.05) is 0 Å². The predicted molar refractivity (Wildman–Crippen MR) is 32.1 cm³/mol. The van der Waals surface area contributed by atoms with Gasteiger partial charge in [0.15, 0.2) is 6.61 Å². The quantitative estimate of drug-likeness (QED) is 0.638. The molecule has 8 heteroatoms. The van der Waals surface area contributed by atoms with E-state index in [0.29, 0.717) is 0 Å². The van der Waals surface area contributed by atoms with E-state index in [0.717, 1.165) is 0 Å². The highest BCUT2D eigenvalue weighted by Gasteiger charge is 2.29. The maximum absolute atomic E-state index is 11.3. The van der Waals surface area contributed by atoms with Gasteiger partial charge in [-0.25, -0.2) is 4.39 Å². The molecule has 12 heavy (non-hydrogen) atoms. The molecule has 0 spiro atoms. The molecule has 0 aromatic heterocycles. The van der Waals surface area contributed by atoms with Crippen LogP contribution < -0.4 is 0 Å². The SMILES string of the molecule is O=S(OCCF)OCC(F)(F)F. The van der Waals surface area contributed by atoms with E-state index in [-0.39, 0.29) is 0 Å². The summed E-state index contributed by atoms with van der Waals surface area (Å²) in [6.07, 6.45) is -4.56. The van der Waals surface area contributed by atoms with Crippen LogP contribution >= 0.6 is 0 Å². The summed E-state index contributed by atoms with van der Waals surface area (Å²) in [4.78, 5) is 0. The molecule has 0 aromatic carbocycles. The number of rotatable bonds is 5. The summed E-state index contributed by atoms with van der Waals surface area (Å²) in [6.45, 7) is -3.16. The van der Waals surface area contributed by atoms with Crippen molar-refractivity contribution in [2.45, 2.75) is 6.18 Å². The van der Waals surface area contributed by atoms with E-state index in [2.05, 4.69) is 8.37 Å². The molecule has 0 radical (unpaired) electrons. The van der Waals surface area contributed by atoms with Gasteiger partial charge < -0.3 is 0 Å². The lowest BCUT2D eigenvalue weighted by atomic mass is 10.7. The third-order valence-corrected chi connectivity index (χ3v) is 1.24. The molecule has 0 aliphatic carbocycles. The molecular formula is C4H6F4O3S. The number of halogens is 4. The van der Waals surface area contributed by atoms with E-state index in [9.17, 15) is 21.8 Å². The molecule has 0 heterocycles. The van der Waals surface area contributed by atoms with E-state index in [1.54, 1.807) is 0 Å². The molecule has 0 saturated heterocycles. The first-order valence-electron chi connectivity index (χ1n) is 2.77. The molecule has 74 valence electrons. The summed E-state index contributed by atoms with van der Waals surface area (Å²) in [7, 11) is 0. The molecule has 0 saturated carbocycles. The Morgan fingerprint density at radius 1 is 1.25 bits per heavy atom. The zero-order valence-electron chi connectivity index (χ0n) is 5.77. The second-order valence-electron chi connectivity index (χ2n) is 1.59. The van der Waals surface area contributed by atoms with Crippen molar-refractivity contribution < 1.29 is 30.1 Å². The molecule has 0 aromatic rings. The van der Waals surface area contributed by atoms with Crippen LogP contribution in [0.25, 0.3) is 0 Å². The molecule has 0 N–H and O–H groups in total. The number of hydrogen-bond donors (Lipinski definition) is 0. The minimum atomic E-state index is -4.56. The first kappa shape index (κ1) is 11.8. The fourth-order valence-corrected chi connectivity index (χ4v) is 0.745. The summed E-state index contributed by atoms with van der Waals surface area (Å²) in [5, 5.41) is 0. The Morgan fingerprint density at radius 3 is 2.25 bits per heavy atom. The van der Waals surface area contributed by atoms with Gasteiger partial charge in [0.25, 0.3) is 0 Å². The molecule has 0 amide bonds. The molecule has 1 atom stereocenters. The lowest BCUT2D eigenvalue weighted by Crippen LogP contribution is -2.19. The lowest BCUT2D eigenvalue weighted by molar-refractivity contribution is -0.153. The maximum Gasteiger partial charge on any atom is 0.413 e. The largest absolute Gasteiger partial charge is 0.413 e. The molecular weight excluding hydrogens is 204 g/mol. The van der Waals surface area contributed by atoms with Gasteiger partial charge in [-0.05, 0) is 0 Å². The molecule has 0 bridgehead atoms. The normalized spacial score (nSPS) is 14.7. The lowest BCUT2D eigenvalue weighted by Gasteiger charge is -2.05. The first-order chi connectivity index (χ1) is 5.45. The van der Waals surface area contributed by atoms with Gasteiger partial charge >= 0.3 is 17.5 Å². The number of hydrogen-bond acceptors (Lipinski definition) is 3. The summed E-state index contributed by atoms with van der Waals surface area (Å²) >= 11 is -2.53. The molecule has 3 nitrogen and oxygen atoms in total. The highest BCUT2D eigenvalue weighted by Crippen LogP contribution is 2.15. The minimum Gasteiger partial charge on any atom is -0.266 e. The molecule has 0 fully saturated rings. The molecule has 0 rings (SSSR count). The Kier molecular flexibility index (Phi) is 5.34. The average Bonchev–Trinajstić information content (AvgIpc) is 1.95. The van der Waals surface area contributed by atoms with E-state index < -0.39 is 37.4 Å². The fraction of sp³-hybridized carbons (Fsp3) is 1.00. The van der Waals surface area contributed by atoms with Crippen molar-refractivity contribution in [3.8, 4) is 0 Å². The van der Waals surface area contributed by atoms with Crippen molar-refractivity contribution in [3.63, 3.8) is 0 Å². The van der Waals surface area contributed by atoms with Gasteiger partial charge in [0.05, 0.1) is 6.61 Å². The summed E-state index contributed by atoms with van der Waals surface area (Å²) < 4.78 is 63.2. The average molecular weight is 210 g/mol. The van der Waals surface area contributed by atoms with Crippen LogP contribution in [0.1, 0.15) is 0 Å². The van der Waals surface area contributed by atoms with Gasteiger partial charge in [0.2, 0.25) is 0 Å². The van der Waals surface area contributed by atoms with Crippen LogP contribution in [-0.2, 0) is 19.7 Å².